The van der Waals surface area contributed by atoms with Crippen LogP contribution in [0, 0.1) is 0 Å². The molecule has 21 heavy (non-hydrogen) atoms. The van der Waals surface area contributed by atoms with Gasteiger partial charge in [-0.05, 0) is 12.1 Å². The van der Waals surface area contributed by atoms with Crippen LogP contribution in [0.2, 0.25) is 0 Å². The summed E-state index contributed by atoms with van der Waals surface area (Å²) in [5.41, 5.74) is -0.535. The molecule has 0 aliphatic heterocycles. The van der Waals surface area contributed by atoms with Gasteiger partial charge in [0.25, 0.3) is 0 Å². The zero-order valence-corrected chi connectivity index (χ0v) is 10.6. The highest BCUT2D eigenvalue weighted by Crippen LogP contribution is 2.32. The van der Waals surface area contributed by atoms with Crippen LogP contribution in [0.15, 0.2) is 42.6 Å². The minimum Gasteiger partial charge on any atom is -0.481 e. The van der Waals surface area contributed by atoms with Gasteiger partial charge in [0.1, 0.15) is 5.75 Å². The fraction of sp³-hybridized carbons (Fsp3) is 0.143. The average molecular weight is 297 g/mol. The van der Waals surface area contributed by atoms with E-state index in [1.165, 1.54) is 12.1 Å². The Labute approximate surface area is 117 Å². The molecule has 1 aromatic carbocycles. The van der Waals surface area contributed by atoms with Crippen LogP contribution in [-0.4, -0.2) is 16.1 Å². The predicted molar refractivity (Wildman–Crippen MR) is 67.1 cm³/mol. The molecule has 2 rings (SSSR count). The summed E-state index contributed by atoms with van der Waals surface area (Å²) in [4.78, 5) is 14.4. The zero-order valence-electron chi connectivity index (χ0n) is 10.6. The summed E-state index contributed by atoms with van der Waals surface area (Å²) in [7, 11) is 0. The van der Waals surface area contributed by atoms with Gasteiger partial charge in [-0.15, -0.1) is 0 Å². The third kappa shape index (κ3) is 3.95. The second-order valence-corrected chi connectivity index (χ2v) is 4.16. The molecular weight excluding hydrogens is 287 g/mol. The number of carbonyl (C=O) groups is 1. The maximum Gasteiger partial charge on any atom is 0.416 e. The Kier molecular flexibility index (Phi) is 4.11. The number of aliphatic carboxylic acids is 1. The first-order chi connectivity index (χ1) is 9.86. The van der Waals surface area contributed by atoms with Crippen molar-refractivity contribution in [2.75, 3.05) is 0 Å². The first kappa shape index (κ1) is 14.8. The fourth-order valence-electron chi connectivity index (χ4n) is 1.67. The predicted octanol–water partition coefficient (Wildman–Crippen LogP) is 3.52. The average Bonchev–Trinajstić information content (AvgIpc) is 2.40. The Morgan fingerprint density at radius 3 is 2.62 bits per heavy atom. The van der Waals surface area contributed by atoms with Crippen LogP contribution >= 0.6 is 0 Å². The van der Waals surface area contributed by atoms with Crippen molar-refractivity contribution in [3.8, 4) is 11.6 Å². The molecule has 0 bridgehead atoms. The molecule has 0 radical (unpaired) electrons. The summed E-state index contributed by atoms with van der Waals surface area (Å²) >= 11 is 0. The highest BCUT2D eigenvalue weighted by Gasteiger charge is 2.31. The van der Waals surface area contributed by atoms with E-state index in [-0.39, 0.29) is 18.1 Å². The van der Waals surface area contributed by atoms with Crippen molar-refractivity contribution in [1.82, 2.24) is 4.98 Å². The number of para-hydroxylation sites is 1. The molecule has 0 aliphatic carbocycles. The number of ether oxygens (including phenoxy) is 1. The van der Waals surface area contributed by atoms with Gasteiger partial charge < -0.3 is 9.84 Å². The highest BCUT2D eigenvalue weighted by atomic mass is 19.4. The summed E-state index contributed by atoms with van der Waals surface area (Å²) in [5, 5.41) is 8.79. The second-order valence-electron chi connectivity index (χ2n) is 4.16. The molecule has 2 aromatic rings. The number of carboxylic acids is 1. The van der Waals surface area contributed by atoms with Crippen molar-refractivity contribution in [2.45, 2.75) is 12.6 Å². The number of hydrogen-bond acceptors (Lipinski definition) is 3. The standard InChI is InChI=1S/C14H10F3NO3/c15-14(16,17)10-5-6-18-12(8-10)21-11-4-2-1-3-9(11)7-13(19)20/h1-6,8H,7H2,(H,19,20). The molecule has 0 saturated heterocycles. The van der Waals surface area contributed by atoms with Gasteiger partial charge >= 0.3 is 12.1 Å². The van der Waals surface area contributed by atoms with Crippen LogP contribution < -0.4 is 4.74 Å². The lowest BCUT2D eigenvalue weighted by Crippen LogP contribution is -2.06. The van der Waals surface area contributed by atoms with E-state index in [1.54, 1.807) is 12.1 Å². The van der Waals surface area contributed by atoms with Gasteiger partial charge in [-0.25, -0.2) is 4.98 Å². The smallest absolute Gasteiger partial charge is 0.416 e. The quantitative estimate of drug-likeness (QED) is 0.938. The third-order valence-corrected chi connectivity index (χ3v) is 2.59. The first-order valence-electron chi connectivity index (χ1n) is 5.87. The van der Waals surface area contributed by atoms with E-state index in [0.717, 1.165) is 18.3 Å². The molecule has 4 nitrogen and oxygen atoms in total. The van der Waals surface area contributed by atoms with Crippen LogP contribution in [0.3, 0.4) is 0 Å². The lowest BCUT2D eigenvalue weighted by atomic mass is 10.1. The molecule has 0 amide bonds. The van der Waals surface area contributed by atoms with Gasteiger partial charge in [-0.3, -0.25) is 4.79 Å². The van der Waals surface area contributed by atoms with Crippen molar-refractivity contribution >= 4 is 5.97 Å². The summed E-state index contributed by atoms with van der Waals surface area (Å²) in [6, 6.07) is 7.80. The topological polar surface area (TPSA) is 59.4 Å². The Balaban J connectivity index is 2.28. The fourth-order valence-corrected chi connectivity index (χ4v) is 1.67. The molecule has 7 heteroatoms. The van der Waals surface area contributed by atoms with Gasteiger partial charge in [-0.2, -0.15) is 13.2 Å². The van der Waals surface area contributed by atoms with E-state index in [9.17, 15) is 18.0 Å². The van der Waals surface area contributed by atoms with E-state index >= 15 is 0 Å². The third-order valence-electron chi connectivity index (χ3n) is 2.59. The first-order valence-corrected chi connectivity index (χ1v) is 5.87. The number of nitrogens with zero attached hydrogens (tertiary/aromatic N) is 1. The number of rotatable bonds is 4. The zero-order chi connectivity index (χ0) is 15.5. The van der Waals surface area contributed by atoms with Gasteiger partial charge in [0.2, 0.25) is 5.88 Å². The molecule has 110 valence electrons. The van der Waals surface area contributed by atoms with E-state index in [4.69, 9.17) is 9.84 Å². The van der Waals surface area contributed by atoms with Crippen LogP contribution in [0.1, 0.15) is 11.1 Å². The van der Waals surface area contributed by atoms with Crippen LogP contribution in [-0.2, 0) is 17.4 Å². The van der Waals surface area contributed by atoms with E-state index in [1.807, 2.05) is 0 Å². The molecule has 0 atom stereocenters. The number of halogens is 3. The lowest BCUT2D eigenvalue weighted by Gasteiger charge is -2.11. The van der Waals surface area contributed by atoms with Crippen molar-refractivity contribution in [3.05, 3.63) is 53.7 Å². The molecule has 0 fully saturated rings. The van der Waals surface area contributed by atoms with Gasteiger partial charge in [0.05, 0.1) is 12.0 Å². The normalized spacial score (nSPS) is 11.2. The molecule has 0 unspecified atom stereocenters. The number of aromatic nitrogens is 1. The molecule has 1 N–H and O–H groups in total. The van der Waals surface area contributed by atoms with Gasteiger partial charge in [0, 0.05) is 17.8 Å². The van der Waals surface area contributed by atoms with Gasteiger partial charge in [0.15, 0.2) is 0 Å². The summed E-state index contributed by atoms with van der Waals surface area (Å²) < 4.78 is 43.1. The maximum absolute atomic E-state index is 12.6. The Hall–Kier alpha value is -2.57. The molecule has 0 aliphatic rings. The van der Waals surface area contributed by atoms with Crippen molar-refractivity contribution in [1.29, 1.82) is 0 Å². The number of benzene rings is 1. The maximum atomic E-state index is 12.6. The Morgan fingerprint density at radius 1 is 1.24 bits per heavy atom. The Bertz CT molecular complexity index is 656. The summed E-state index contributed by atoms with van der Waals surface area (Å²) in [6.07, 6.45) is -3.81. The Morgan fingerprint density at radius 2 is 1.95 bits per heavy atom. The number of alkyl halides is 3. The van der Waals surface area contributed by atoms with Crippen LogP contribution in [0.4, 0.5) is 13.2 Å². The van der Waals surface area contributed by atoms with E-state index in [2.05, 4.69) is 4.98 Å². The largest absolute Gasteiger partial charge is 0.481 e. The van der Waals surface area contributed by atoms with Crippen molar-refractivity contribution in [2.24, 2.45) is 0 Å². The molecular formula is C14H10F3NO3. The second kappa shape index (κ2) is 5.82. The minimum atomic E-state index is -4.50. The van der Waals surface area contributed by atoms with Crippen LogP contribution in [0.5, 0.6) is 11.6 Å². The number of carboxylic acid groups (broad SMARTS) is 1. The van der Waals surface area contributed by atoms with E-state index < -0.39 is 17.7 Å². The summed E-state index contributed by atoms with van der Waals surface area (Å²) in [5.74, 6) is -1.16. The minimum absolute atomic E-state index is 0.159. The molecule has 0 saturated carbocycles. The van der Waals surface area contributed by atoms with Crippen molar-refractivity contribution < 1.29 is 27.8 Å². The summed E-state index contributed by atoms with van der Waals surface area (Å²) in [6.45, 7) is 0. The SMILES string of the molecule is O=C(O)Cc1ccccc1Oc1cc(C(F)(F)F)ccn1. The number of pyridine rings is 1. The van der Waals surface area contributed by atoms with Crippen molar-refractivity contribution in [3.63, 3.8) is 0 Å². The molecule has 1 aromatic heterocycles. The molecule has 0 spiro atoms. The highest BCUT2D eigenvalue weighted by molar-refractivity contribution is 5.71. The van der Waals surface area contributed by atoms with Crippen LogP contribution in [0.25, 0.3) is 0 Å². The van der Waals surface area contributed by atoms with Gasteiger partial charge in [-0.1, -0.05) is 18.2 Å². The number of hydrogen-bond donors (Lipinski definition) is 1. The lowest BCUT2D eigenvalue weighted by molar-refractivity contribution is -0.138. The monoisotopic (exact) mass is 297 g/mol. The molecule has 1 heterocycles. The van der Waals surface area contributed by atoms with E-state index in [0.29, 0.717) is 5.56 Å².